The Balaban J connectivity index is 2.72. The van der Waals surface area contributed by atoms with Crippen molar-refractivity contribution in [3.05, 3.63) is 0 Å². The maximum Gasteiger partial charge on any atom is 0.407 e. The fourth-order valence-corrected chi connectivity index (χ4v) is 2.45. The first-order valence-corrected chi connectivity index (χ1v) is 7.04. The number of hydrogen-bond acceptors (Lipinski definition) is 4. The Labute approximate surface area is 115 Å². The van der Waals surface area contributed by atoms with Crippen LogP contribution in [-0.4, -0.2) is 40.7 Å². The Morgan fingerprint density at radius 2 is 2.16 bits per heavy atom. The molecule has 1 fully saturated rings. The van der Waals surface area contributed by atoms with E-state index >= 15 is 0 Å². The van der Waals surface area contributed by atoms with E-state index in [9.17, 15) is 15.0 Å². The van der Waals surface area contributed by atoms with Crippen LogP contribution >= 0.6 is 0 Å². The first-order valence-electron chi connectivity index (χ1n) is 7.04. The van der Waals surface area contributed by atoms with Gasteiger partial charge in [-0.15, -0.1) is 0 Å². The molecule has 5 heteroatoms. The molecule has 0 aromatic carbocycles. The van der Waals surface area contributed by atoms with Gasteiger partial charge in [-0.2, -0.15) is 0 Å². The molecular formula is C14H27NO4. The van der Waals surface area contributed by atoms with E-state index in [1.807, 2.05) is 13.8 Å². The van der Waals surface area contributed by atoms with Crippen LogP contribution < -0.4 is 5.32 Å². The van der Waals surface area contributed by atoms with Gasteiger partial charge in [-0.3, -0.25) is 0 Å². The van der Waals surface area contributed by atoms with Gasteiger partial charge < -0.3 is 20.3 Å². The minimum absolute atomic E-state index is 0.242. The molecule has 1 amide bonds. The number of hydrogen-bond donors (Lipinski definition) is 3. The lowest BCUT2D eigenvalue weighted by atomic mass is 9.75. The van der Waals surface area contributed by atoms with Gasteiger partial charge >= 0.3 is 6.09 Å². The monoisotopic (exact) mass is 273 g/mol. The zero-order valence-corrected chi connectivity index (χ0v) is 12.4. The van der Waals surface area contributed by atoms with E-state index in [2.05, 4.69) is 12.2 Å². The zero-order chi connectivity index (χ0) is 14.7. The second-order valence-electron chi connectivity index (χ2n) is 6.45. The molecular weight excluding hydrogens is 246 g/mol. The summed E-state index contributed by atoms with van der Waals surface area (Å²) in [5.74, 6) is 0. The molecule has 0 bridgehead atoms. The van der Waals surface area contributed by atoms with Crippen molar-refractivity contribution < 1.29 is 19.7 Å². The number of rotatable bonds is 6. The summed E-state index contributed by atoms with van der Waals surface area (Å²) in [5, 5.41) is 23.5. The molecule has 1 saturated heterocycles. The Morgan fingerprint density at radius 1 is 1.53 bits per heavy atom. The lowest BCUT2D eigenvalue weighted by Crippen LogP contribution is -2.63. The van der Waals surface area contributed by atoms with Crippen molar-refractivity contribution in [2.45, 2.75) is 71.1 Å². The number of cyclic esters (lactones) is 1. The molecule has 0 aliphatic carbocycles. The van der Waals surface area contributed by atoms with Gasteiger partial charge in [-0.1, -0.05) is 40.0 Å². The highest BCUT2D eigenvalue weighted by atomic mass is 16.6. The summed E-state index contributed by atoms with van der Waals surface area (Å²) in [4.78, 5) is 11.3. The van der Waals surface area contributed by atoms with E-state index in [0.29, 0.717) is 6.42 Å². The quantitative estimate of drug-likeness (QED) is 0.645. The Morgan fingerprint density at radius 3 is 2.74 bits per heavy atom. The molecule has 19 heavy (non-hydrogen) atoms. The maximum atomic E-state index is 11.3. The number of carbonyl (C=O) groups excluding carboxylic acids is 1. The SMILES string of the molecule is CCCCC[C@](C)(O)[C@@H](O)[C@H]1NC(=O)OCC1(C)C. The van der Waals surface area contributed by atoms with Crippen LogP contribution in [0.4, 0.5) is 4.79 Å². The summed E-state index contributed by atoms with van der Waals surface area (Å²) in [5.41, 5.74) is -1.62. The van der Waals surface area contributed by atoms with Gasteiger partial charge in [0, 0.05) is 5.41 Å². The number of ether oxygens (including phenoxy) is 1. The molecule has 1 aliphatic heterocycles. The van der Waals surface area contributed by atoms with Gasteiger partial charge in [0.2, 0.25) is 0 Å². The van der Waals surface area contributed by atoms with Crippen LogP contribution in [0.15, 0.2) is 0 Å². The molecule has 0 unspecified atom stereocenters. The molecule has 5 nitrogen and oxygen atoms in total. The fraction of sp³-hybridized carbons (Fsp3) is 0.929. The number of carbonyl (C=O) groups is 1. The van der Waals surface area contributed by atoms with Crippen molar-refractivity contribution in [1.82, 2.24) is 5.32 Å². The Bertz CT molecular complexity index is 315. The molecule has 1 rings (SSSR count). The van der Waals surface area contributed by atoms with Gasteiger partial charge in [0.25, 0.3) is 0 Å². The minimum Gasteiger partial charge on any atom is -0.449 e. The maximum absolute atomic E-state index is 11.3. The van der Waals surface area contributed by atoms with Gasteiger partial charge in [0.15, 0.2) is 0 Å². The highest BCUT2D eigenvalue weighted by molar-refractivity contribution is 5.68. The number of aliphatic hydroxyl groups is 2. The van der Waals surface area contributed by atoms with Gasteiger partial charge in [-0.05, 0) is 13.3 Å². The summed E-state index contributed by atoms with van der Waals surface area (Å²) in [6.45, 7) is 7.77. The van der Waals surface area contributed by atoms with Crippen LogP contribution in [0.5, 0.6) is 0 Å². The summed E-state index contributed by atoms with van der Waals surface area (Å²) in [6.07, 6.45) is 1.92. The summed E-state index contributed by atoms with van der Waals surface area (Å²) < 4.78 is 4.94. The largest absolute Gasteiger partial charge is 0.449 e. The predicted octanol–water partition coefficient (Wildman–Crippen LogP) is 1.81. The molecule has 0 aromatic heterocycles. The van der Waals surface area contributed by atoms with Gasteiger partial charge in [0.1, 0.15) is 12.7 Å². The fourth-order valence-electron chi connectivity index (χ4n) is 2.45. The first kappa shape index (κ1) is 16.2. The van der Waals surface area contributed by atoms with E-state index in [-0.39, 0.29) is 6.61 Å². The summed E-state index contributed by atoms with van der Waals surface area (Å²) >= 11 is 0. The van der Waals surface area contributed by atoms with E-state index < -0.39 is 29.3 Å². The third-order valence-electron chi connectivity index (χ3n) is 3.93. The van der Waals surface area contributed by atoms with Gasteiger partial charge in [-0.25, -0.2) is 4.79 Å². The van der Waals surface area contributed by atoms with Crippen molar-refractivity contribution in [1.29, 1.82) is 0 Å². The highest BCUT2D eigenvalue weighted by Gasteiger charge is 2.47. The minimum atomic E-state index is -1.21. The number of unbranched alkanes of at least 4 members (excludes halogenated alkanes) is 2. The average molecular weight is 273 g/mol. The normalized spacial score (nSPS) is 27.1. The van der Waals surface area contributed by atoms with Crippen LogP contribution in [0, 0.1) is 5.41 Å². The van der Waals surface area contributed by atoms with Crippen LogP contribution in [0.25, 0.3) is 0 Å². The molecule has 0 spiro atoms. The van der Waals surface area contributed by atoms with Crippen LogP contribution in [-0.2, 0) is 4.74 Å². The molecule has 0 saturated carbocycles. The van der Waals surface area contributed by atoms with Crippen molar-refractivity contribution in [3.63, 3.8) is 0 Å². The Hall–Kier alpha value is -0.810. The molecule has 1 heterocycles. The lowest BCUT2D eigenvalue weighted by molar-refractivity contribution is -0.115. The van der Waals surface area contributed by atoms with E-state index in [0.717, 1.165) is 19.3 Å². The molecule has 3 atom stereocenters. The Kier molecular flexibility index (Phi) is 5.21. The molecule has 1 aliphatic rings. The first-order chi connectivity index (χ1) is 8.70. The number of alkyl carbamates (subject to hydrolysis) is 1. The summed E-state index contributed by atoms with van der Waals surface area (Å²) in [7, 11) is 0. The lowest BCUT2D eigenvalue weighted by Gasteiger charge is -2.45. The third-order valence-corrected chi connectivity index (χ3v) is 3.93. The summed E-state index contributed by atoms with van der Waals surface area (Å²) in [6, 6.07) is -0.509. The second-order valence-corrected chi connectivity index (χ2v) is 6.45. The van der Waals surface area contributed by atoms with Crippen molar-refractivity contribution in [3.8, 4) is 0 Å². The highest BCUT2D eigenvalue weighted by Crippen LogP contribution is 2.32. The molecule has 0 aromatic rings. The van der Waals surface area contributed by atoms with Gasteiger partial charge in [0.05, 0.1) is 11.6 Å². The molecule has 0 radical (unpaired) electrons. The molecule has 3 N–H and O–H groups in total. The third kappa shape index (κ3) is 4.08. The van der Waals surface area contributed by atoms with E-state index in [1.54, 1.807) is 6.92 Å². The standard InChI is InChI=1S/C14H27NO4/c1-5-6-7-8-14(4,18)11(16)10-13(2,3)9-19-12(17)15-10/h10-11,16,18H,5-9H2,1-4H3,(H,15,17)/t10-,11+,14+/m1/s1. The predicted molar refractivity (Wildman–Crippen MR) is 72.8 cm³/mol. The molecule has 112 valence electrons. The van der Waals surface area contributed by atoms with Crippen LogP contribution in [0.2, 0.25) is 0 Å². The van der Waals surface area contributed by atoms with Crippen LogP contribution in [0.3, 0.4) is 0 Å². The van der Waals surface area contributed by atoms with Crippen LogP contribution in [0.1, 0.15) is 53.4 Å². The zero-order valence-electron chi connectivity index (χ0n) is 12.4. The van der Waals surface area contributed by atoms with E-state index in [4.69, 9.17) is 4.74 Å². The topological polar surface area (TPSA) is 78.8 Å². The van der Waals surface area contributed by atoms with Crippen molar-refractivity contribution in [2.24, 2.45) is 5.41 Å². The van der Waals surface area contributed by atoms with Crippen molar-refractivity contribution in [2.75, 3.05) is 6.61 Å². The second kappa shape index (κ2) is 6.09. The number of nitrogens with one attached hydrogen (secondary N) is 1. The number of amides is 1. The van der Waals surface area contributed by atoms with E-state index in [1.165, 1.54) is 0 Å². The smallest absolute Gasteiger partial charge is 0.407 e. The van der Waals surface area contributed by atoms with Crippen molar-refractivity contribution >= 4 is 6.09 Å². The number of aliphatic hydroxyl groups excluding tert-OH is 1. The average Bonchev–Trinajstić information content (AvgIpc) is 2.31.